The maximum atomic E-state index is 13.0. The maximum Gasteiger partial charge on any atom is 0.237 e. The predicted octanol–water partition coefficient (Wildman–Crippen LogP) is 6.61. The van der Waals surface area contributed by atoms with Gasteiger partial charge in [0.25, 0.3) is 0 Å². The summed E-state index contributed by atoms with van der Waals surface area (Å²) in [7, 11) is 0. The van der Waals surface area contributed by atoms with E-state index in [0.717, 1.165) is 62.2 Å². The third-order valence-electron chi connectivity index (χ3n) is 7.44. The zero-order chi connectivity index (χ0) is 25.8. The van der Waals surface area contributed by atoms with Crippen molar-refractivity contribution in [1.29, 1.82) is 0 Å². The molecular formula is C29H23N3O4S2. The molecule has 3 heterocycles. The number of nitrogens with zero attached hydrogens (tertiary/aromatic N) is 2. The first-order valence-electron chi connectivity index (χ1n) is 12.7. The van der Waals surface area contributed by atoms with Crippen LogP contribution >= 0.6 is 23.1 Å². The molecular weight excluding hydrogens is 518 g/mol. The summed E-state index contributed by atoms with van der Waals surface area (Å²) in [5, 5.41) is 5.00. The number of rotatable bonds is 5. The van der Waals surface area contributed by atoms with Crippen LogP contribution in [0, 0.1) is 11.8 Å². The van der Waals surface area contributed by atoms with Crippen molar-refractivity contribution >= 4 is 84.4 Å². The first-order chi connectivity index (χ1) is 18.5. The second kappa shape index (κ2) is 9.25. The van der Waals surface area contributed by atoms with Crippen molar-refractivity contribution in [1.82, 2.24) is 4.98 Å². The second-order valence-electron chi connectivity index (χ2n) is 9.79. The Kier molecular flexibility index (Phi) is 5.70. The fourth-order valence-corrected chi connectivity index (χ4v) is 7.54. The number of aromatic nitrogens is 1. The van der Waals surface area contributed by atoms with Crippen molar-refractivity contribution in [3.05, 3.63) is 60.7 Å². The SMILES string of the molecule is O=C(CSc1nc2ccc(N3C(=O)[C@H]4CCCC[C@H]4C3=O)cc2s1)Nc1ccc2c(c1)oc1ccccc12. The highest BCUT2D eigenvalue weighted by atomic mass is 32.2. The Morgan fingerprint density at radius 1 is 0.974 bits per heavy atom. The van der Waals surface area contributed by atoms with Gasteiger partial charge in [-0.3, -0.25) is 19.3 Å². The van der Waals surface area contributed by atoms with Gasteiger partial charge in [-0.15, -0.1) is 11.3 Å². The molecule has 3 amide bonds. The zero-order valence-corrected chi connectivity index (χ0v) is 21.9. The van der Waals surface area contributed by atoms with Gasteiger partial charge in [0.1, 0.15) is 11.2 Å². The fourth-order valence-electron chi connectivity index (χ4n) is 5.64. The Bertz CT molecular complexity index is 1730. The summed E-state index contributed by atoms with van der Waals surface area (Å²) < 4.78 is 7.56. The molecule has 3 aromatic carbocycles. The largest absolute Gasteiger partial charge is 0.456 e. The van der Waals surface area contributed by atoms with Crippen molar-refractivity contribution in [2.45, 2.75) is 30.0 Å². The minimum atomic E-state index is -0.175. The number of hydrogen-bond donors (Lipinski definition) is 1. The van der Waals surface area contributed by atoms with Gasteiger partial charge in [0.05, 0.1) is 33.5 Å². The Morgan fingerprint density at radius 2 is 1.74 bits per heavy atom. The first-order valence-corrected chi connectivity index (χ1v) is 14.5. The quantitative estimate of drug-likeness (QED) is 0.199. The van der Waals surface area contributed by atoms with Gasteiger partial charge in [-0.25, -0.2) is 4.98 Å². The fraction of sp³-hybridized carbons (Fsp3) is 0.241. The highest BCUT2D eigenvalue weighted by Gasteiger charge is 2.48. The van der Waals surface area contributed by atoms with Gasteiger partial charge in [0.2, 0.25) is 17.7 Å². The lowest BCUT2D eigenvalue weighted by Gasteiger charge is -2.19. The molecule has 0 radical (unpaired) electrons. The molecule has 7 rings (SSSR count). The van der Waals surface area contributed by atoms with Crippen LogP contribution in [0.2, 0.25) is 0 Å². The number of carbonyl (C=O) groups is 3. The van der Waals surface area contributed by atoms with Crippen molar-refractivity contribution in [2.75, 3.05) is 16.0 Å². The number of amides is 3. The molecule has 0 unspecified atom stereocenters. The number of hydrogen-bond acceptors (Lipinski definition) is 7. The van der Waals surface area contributed by atoms with E-state index >= 15 is 0 Å². The lowest BCUT2D eigenvalue weighted by molar-refractivity contribution is -0.122. The van der Waals surface area contributed by atoms with E-state index in [9.17, 15) is 14.4 Å². The molecule has 5 aromatic rings. The molecule has 2 atom stereocenters. The molecule has 1 aliphatic carbocycles. The molecule has 2 aromatic heterocycles. The van der Waals surface area contributed by atoms with E-state index < -0.39 is 0 Å². The highest BCUT2D eigenvalue weighted by Crippen LogP contribution is 2.41. The molecule has 7 nitrogen and oxygen atoms in total. The van der Waals surface area contributed by atoms with Gasteiger partial charge >= 0.3 is 0 Å². The first kappa shape index (κ1) is 23.4. The summed E-state index contributed by atoms with van der Waals surface area (Å²) in [5.41, 5.74) is 3.62. The number of furan rings is 1. The van der Waals surface area contributed by atoms with Crippen molar-refractivity contribution in [2.24, 2.45) is 11.8 Å². The number of fused-ring (bicyclic) bond motifs is 5. The van der Waals surface area contributed by atoms with E-state index in [1.54, 1.807) is 6.07 Å². The Morgan fingerprint density at radius 3 is 2.55 bits per heavy atom. The van der Waals surface area contributed by atoms with Crippen molar-refractivity contribution in [3.63, 3.8) is 0 Å². The second-order valence-corrected chi connectivity index (χ2v) is 12.0. The Labute approximate surface area is 226 Å². The number of imide groups is 1. The number of anilines is 2. The van der Waals surface area contributed by atoms with Gasteiger partial charge in [-0.2, -0.15) is 0 Å². The van der Waals surface area contributed by atoms with E-state index in [4.69, 9.17) is 4.42 Å². The van der Waals surface area contributed by atoms with Crippen LogP contribution < -0.4 is 10.2 Å². The number of thiazole rings is 1. The van der Waals surface area contributed by atoms with Crippen molar-refractivity contribution < 1.29 is 18.8 Å². The van der Waals surface area contributed by atoms with Gasteiger partial charge in [0.15, 0.2) is 4.34 Å². The third kappa shape index (κ3) is 3.97. The maximum absolute atomic E-state index is 13.0. The molecule has 2 fully saturated rings. The highest BCUT2D eigenvalue weighted by molar-refractivity contribution is 8.01. The molecule has 0 spiro atoms. The molecule has 2 aliphatic rings. The summed E-state index contributed by atoms with van der Waals surface area (Å²) in [6.07, 6.45) is 3.60. The lowest BCUT2D eigenvalue weighted by atomic mass is 9.81. The van der Waals surface area contributed by atoms with Crippen molar-refractivity contribution in [3.8, 4) is 0 Å². The standard InChI is InChI=1S/C29H23N3O4S2/c33-26(30-16-9-11-19-18-5-3-4-8-23(18)36-24(19)13-16)15-37-29-31-22-12-10-17(14-25(22)38-29)32-27(34)20-6-1-2-7-21(20)28(32)35/h3-5,8-14,20-21H,1-2,6-7,15H2,(H,30,33)/t20-,21+. The molecule has 1 saturated carbocycles. The summed E-state index contributed by atoms with van der Waals surface area (Å²) >= 11 is 2.82. The zero-order valence-electron chi connectivity index (χ0n) is 20.3. The topological polar surface area (TPSA) is 92.5 Å². The van der Waals surface area contributed by atoms with Crippen LogP contribution in [0.15, 0.2) is 69.4 Å². The van der Waals surface area contributed by atoms with Crippen LogP contribution in [0.1, 0.15) is 25.7 Å². The van der Waals surface area contributed by atoms with Crippen LogP contribution in [0.5, 0.6) is 0 Å². The average molecular weight is 542 g/mol. The number of benzene rings is 3. The van der Waals surface area contributed by atoms with Crippen LogP contribution in [0.4, 0.5) is 11.4 Å². The van der Waals surface area contributed by atoms with E-state index in [-0.39, 0.29) is 35.3 Å². The summed E-state index contributed by atoms with van der Waals surface area (Å²) in [6.45, 7) is 0. The molecule has 9 heteroatoms. The third-order valence-corrected chi connectivity index (χ3v) is 9.60. The monoisotopic (exact) mass is 541 g/mol. The average Bonchev–Trinajstić information content (AvgIpc) is 3.58. The van der Waals surface area contributed by atoms with Crippen LogP contribution in [0.25, 0.3) is 32.2 Å². The van der Waals surface area contributed by atoms with Crippen LogP contribution in [-0.4, -0.2) is 28.5 Å². The molecule has 1 aliphatic heterocycles. The normalized spacial score (nSPS) is 19.5. The van der Waals surface area contributed by atoms with Crippen LogP contribution in [-0.2, 0) is 14.4 Å². The molecule has 1 saturated heterocycles. The van der Waals surface area contributed by atoms with Crippen LogP contribution in [0.3, 0.4) is 0 Å². The van der Waals surface area contributed by atoms with E-state index in [1.165, 1.54) is 28.0 Å². The molecule has 190 valence electrons. The van der Waals surface area contributed by atoms with E-state index in [1.807, 2.05) is 54.6 Å². The van der Waals surface area contributed by atoms with Gasteiger partial charge in [0, 0.05) is 22.5 Å². The number of nitrogens with one attached hydrogen (secondary N) is 1. The molecule has 0 bridgehead atoms. The summed E-state index contributed by atoms with van der Waals surface area (Å²) in [6, 6.07) is 19.0. The predicted molar refractivity (Wildman–Crippen MR) is 151 cm³/mol. The minimum absolute atomic E-state index is 0.0735. The minimum Gasteiger partial charge on any atom is -0.456 e. The van der Waals surface area contributed by atoms with Gasteiger partial charge < -0.3 is 9.73 Å². The Balaban J connectivity index is 1.04. The Hall–Kier alpha value is -3.69. The number of para-hydroxylation sites is 1. The van der Waals surface area contributed by atoms with Gasteiger partial charge in [-0.1, -0.05) is 42.8 Å². The lowest BCUT2D eigenvalue weighted by Crippen LogP contribution is -2.30. The van der Waals surface area contributed by atoms with E-state index in [2.05, 4.69) is 10.3 Å². The van der Waals surface area contributed by atoms with Gasteiger partial charge in [-0.05, 0) is 49.2 Å². The number of thioether (sulfide) groups is 1. The van der Waals surface area contributed by atoms with E-state index in [0.29, 0.717) is 11.4 Å². The molecule has 1 N–H and O–H groups in total. The summed E-state index contributed by atoms with van der Waals surface area (Å²) in [5.74, 6) is -0.430. The smallest absolute Gasteiger partial charge is 0.237 e. The molecule has 38 heavy (non-hydrogen) atoms. The number of carbonyl (C=O) groups excluding carboxylic acids is 3. The summed E-state index contributed by atoms with van der Waals surface area (Å²) in [4.78, 5) is 44.6.